The summed E-state index contributed by atoms with van der Waals surface area (Å²) in [5, 5.41) is 3.00. The molecule has 6 heteroatoms. The van der Waals surface area contributed by atoms with E-state index >= 15 is 0 Å². The topological polar surface area (TPSA) is 75.7 Å². The van der Waals surface area contributed by atoms with Crippen molar-refractivity contribution >= 4 is 17.8 Å². The number of hydrogen-bond acceptors (Lipinski definition) is 4. The molecule has 37 heavy (non-hydrogen) atoms. The fourth-order valence-electron chi connectivity index (χ4n) is 4.22. The number of amides is 2. The van der Waals surface area contributed by atoms with Gasteiger partial charge in [-0.1, -0.05) is 107 Å². The van der Waals surface area contributed by atoms with Crippen molar-refractivity contribution < 1.29 is 19.1 Å². The van der Waals surface area contributed by atoms with Crippen LogP contribution in [0.1, 0.15) is 99.5 Å². The molecule has 0 saturated heterocycles. The molecule has 202 valence electrons. The highest BCUT2D eigenvalue weighted by molar-refractivity contribution is 6.32. The summed E-state index contributed by atoms with van der Waals surface area (Å²) in [4.78, 5) is 38.8. The first kappa shape index (κ1) is 30.1. The van der Waals surface area contributed by atoms with Crippen LogP contribution in [0.15, 0.2) is 54.6 Å². The first-order chi connectivity index (χ1) is 18.0. The zero-order chi connectivity index (χ0) is 26.7. The minimum Gasteiger partial charge on any atom is -0.459 e. The molecule has 0 aliphatic rings. The average molecular weight is 509 g/mol. The molecule has 0 aliphatic heterocycles. The summed E-state index contributed by atoms with van der Waals surface area (Å²) in [6.07, 6.45) is 12.7. The first-order valence-electron chi connectivity index (χ1n) is 13.9. The van der Waals surface area contributed by atoms with Crippen LogP contribution in [0.4, 0.5) is 0 Å². The van der Waals surface area contributed by atoms with Crippen LogP contribution in [0.25, 0.3) is 0 Å². The summed E-state index contributed by atoms with van der Waals surface area (Å²) < 4.78 is 4.92. The molecule has 0 bridgehead atoms. The van der Waals surface area contributed by atoms with E-state index in [1.807, 2.05) is 42.5 Å². The molecule has 2 amide bonds. The summed E-state index contributed by atoms with van der Waals surface area (Å²) >= 11 is 0. The Hall–Kier alpha value is -3.15. The maximum absolute atomic E-state index is 12.7. The van der Waals surface area contributed by atoms with E-state index in [-0.39, 0.29) is 19.1 Å². The van der Waals surface area contributed by atoms with Crippen LogP contribution < -0.4 is 5.32 Å². The highest BCUT2D eigenvalue weighted by Crippen LogP contribution is 2.13. The molecule has 1 N–H and O–H groups in total. The van der Waals surface area contributed by atoms with Gasteiger partial charge in [0, 0.05) is 25.2 Å². The fourth-order valence-corrected chi connectivity index (χ4v) is 4.22. The molecule has 0 radical (unpaired) electrons. The lowest BCUT2D eigenvalue weighted by atomic mass is 10.1. The van der Waals surface area contributed by atoms with Crippen molar-refractivity contribution in [2.24, 2.45) is 0 Å². The van der Waals surface area contributed by atoms with Gasteiger partial charge in [0.15, 0.2) is 0 Å². The number of unbranched alkanes of at least 4 members (excludes halogenated alkanes) is 9. The van der Waals surface area contributed by atoms with Crippen LogP contribution in [0, 0.1) is 0 Å². The lowest BCUT2D eigenvalue weighted by molar-refractivity contribution is -0.160. The summed E-state index contributed by atoms with van der Waals surface area (Å²) in [7, 11) is 0. The maximum Gasteiger partial charge on any atom is 0.397 e. The van der Waals surface area contributed by atoms with Gasteiger partial charge in [-0.05, 0) is 36.6 Å². The number of rotatable bonds is 17. The summed E-state index contributed by atoms with van der Waals surface area (Å²) in [6, 6.07) is 16.7. The Labute approximate surface area is 222 Å². The number of esters is 1. The zero-order valence-corrected chi connectivity index (χ0v) is 22.7. The SMILES string of the molecule is CCCCCCCCCCCCNC(=O)c1ccc(CN(Cc2ccccc2)C(=O)C(=O)OCC)cc1. The number of ether oxygens (including phenoxy) is 1. The lowest BCUT2D eigenvalue weighted by Crippen LogP contribution is -2.36. The van der Waals surface area contributed by atoms with Gasteiger partial charge in [-0.3, -0.25) is 9.59 Å². The third kappa shape index (κ3) is 12.1. The van der Waals surface area contributed by atoms with Gasteiger partial charge in [0.05, 0.1) is 6.61 Å². The molecule has 0 aromatic heterocycles. The molecular weight excluding hydrogens is 464 g/mol. The van der Waals surface area contributed by atoms with Gasteiger partial charge in [0.25, 0.3) is 5.91 Å². The second-order valence-corrected chi connectivity index (χ2v) is 9.50. The van der Waals surface area contributed by atoms with Crippen molar-refractivity contribution in [3.63, 3.8) is 0 Å². The normalized spacial score (nSPS) is 10.6. The lowest BCUT2D eigenvalue weighted by Gasteiger charge is -2.22. The van der Waals surface area contributed by atoms with E-state index < -0.39 is 11.9 Å². The average Bonchev–Trinajstić information content (AvgIpc) is 2.92. The molecule has 2 aromatic rings. The quantitative estimate of drug-likeness (QED) is 0.152. The van der Waals surface area contributed by atoms with Crippen LogP contribution >= 0.6 is 0 Å². The van der Waals surface area contributed by atoms with Crippen LogP contribution in [-0.4, -0.2) is 35.8 Å². The number of benzene rings is 2. The summed E-state index contributed by atoms with van der Waals surface area (Å²) in [5.74, 6) is -1.63. The Balaban J connectivity index is 1.77. The van der Waals surface area contributed by atoms with Gasteiger partial charge in [-0.25, -0.2) is 4.79 Å². The Morgan fingerprint density at radius 1 is 0.703 bits per heavy atom. The second-order valence-electron chi connectivity index (χ2n) is 9.50. The maximum atomic E-state index is 12.7. The molecule has 0 fully saturated rings. The summed E-state index contributed by atoms with van der Waals surface area (Å²) in [6.45, 7) is 5.27. The van der Waals surface area contributed by atoms with Gasteiger partial charge < -0.3 is 15.0 Å². The van der Waals surface area contributed by atoms with Crippen molar-refractivity contribution in [3.8, 4) is 0 Å². The summed E-state index contributed by atoms with van der Waals surface area (Å²) in [5.41, 5.74) is 2.34. The molecular formula is C31H44N2O4. The largest absolute Gasteiger partial charge is 0.459 e. The number of carbonyl (C=O) groups excluding carboxylic acids is 3. The van der Waals surface area contributed by atoms with Crippen LogP contribution in [0.3, 0.4) is 0 Å². The van der Waals surface area contributed by atoms with Gasteiger partial charge in [-0.2, -0.15) is 0 Å². The highest BCUT2D eigenvalue weighted by atomic mass is 16.5. The van der Waals surface area contributed by atoms with Crippen molar-refractivity contribution in [2.45, 2.75) is 91.1 Å². The molecule has 0 atom stereocenters. The van der Waals surface area contributed by atoms with E-state index in [9.17, 15) is 14.4 Å². The Morgan fingerprint density at radius 3 is 1.81 bits per heavy atom. The molecule has 0 aliphatic carbocycles. The zero-order valence-electron chi connectivity index (χ0n) is 22.7. The van der Waals surface area contributed by atoms with E-state index in [2.05, 4.69) is 12.2 Å². The van der Waals surface area contributed by atoms with Crippen molar-refractivity contribution in [2.75, 3.05) is 13.2 Å². The minimum atomic E-state index is -0.860. The van der Waals surface area contributed by atoms with E-state index in [1.54, 1.807) is 19.1 Å². The van der Waals surface area contributed by atoms with E-state index in [1.165, 1.54) is 56.3 Å². The Morgan fingerprint density at radius 2 is 1.24 bits per heavy atom. The number of nitrogens with one attached hydrogen (secondary N) is 1. The monoisotopic (exact) mass is 508 g/mol. The molecule has 0 unspecified atom stereocenters. The van der Waals surface area contributed by atoms with E-state index in [0.29, 0.717) is 18.7 Å². The minimum absolute atomic E-state index is 0.0915. The smallest absolute Gasteiger partial charge is 0.397 e. The van der Waals surface area contributed by atoms with Gasteiger partial charge in [0.2, 0.25) is 0 Å². The van der Waals surface area contributed by atoms with Gasteiger partial charge in [-0.15, -0.1) is 0 Å². The number of carbonyl (C=O) groups is 3. The van der Waals surface area contributed by atoms with Crippen molar-refractivity contribution in [1.29, 1.82) is 0 Å². The fraction of sp³-hybridized carbons (Fsp3) is 0.516. The predicted octanol–water partition coefficient (Wildman–Crippen LogP) is 6.43. The molecule has 2 rings (SSSR count). The standard InChI is InChI=1S/C31H44N2O4/c1-3-5-6-7-8-9-10-11-12-16-23-32-29(34)28-21-19-27(20-22-28)25-33(30(35)31(36)37-4-2)24-26-17-14-13-15-18-26/h13-15,17-22H,3-12,16,23-25H2,1-2H3,(H,32,34). The molecule has 0 saturated carbocycles. The van der Waals surface area contributed by atoms with E-state index in [4.69, 9.17) is 4.74 Å². The van der Waals surface area contributed by atoms with Crippen LogP contribution in [-0.2, 0) is 27.4 Å². The molecule has 6 nitrogen and oxygen atoms in total. The Bertz CT molecular complexity index is 928. The predicted molar refractivity (Wildman–Crippen MR) is 148 cm³/mol. The van der Waals surface area contributed by atoms with E-state index in [0.717, 1.165) is 24.0 Å². The Kier molecular flexibility index (Phi) is 14.8. The highest BCUT2D eigenvalue weighted by Gasteiger charge is 2.23. The van der Waals surface area contributed by atoms with Crippen molar-refractivity contribution in [1.82, 2.24) is 10.2 Å². The molecule has 0 heterocycles. The van der Waals surface area contributed by atoms with Crippen LogP contribution in [0.2, 0.25) is 0 Å². The van der Waals surface area contributed by atoms with Crippen LogP contribution in [0.5, 0.6) is 0 Å². The van der Waals surface area contributed by atoms with Gasteiger partial charge in [0.1, 0.15) is 0 Å². The second kappa shape index (κ2) is 18.1. The number of nitrogens with zero attached hydrogens (tertiary/aromatic N) is 1. The number of hydrogen-bond donors (Lipinski definition) is 1. The van der Waals surface area contributed by atoms with Gasteiger partial charge >= 0.3 is 11.9 Å². The molecule has 2 aromatic carbocycles. The van der Waals surface area contributed by atoms with Crippen molar-refractivity contribution in [3.05, 3.63) is 71.3 Å². The first-order valence-corrected chi connectivity index (χ1v) is 13.9. The molecule has 0 spiro atoms. The third-order valence-corrected chi connectivity index (χ3v) is 6.36. The third-order valence-electron chi connectivity index (χ3n) is 6.36.